The summed E-state index contributed by atoms with van der Waals surface area (Å²) in [5.41, 5.74) is 0. The summed E-state index contributed by atoms with van der Waals surface area (Å²) in [5, 5.41) is 9.25. The highest BCUT2D eigenvalue weighted by Crippen LogP contribution is 2.12. The summed E-state index contributed by atoms with van der Waals surface area (Å²) in [7, 11) is -3.42. The first-order valence-electron chi connectivity index (χ1n) is 4.81. The van der Waals surface area contributed by atoms with Crippen LogP contribution in [0.15, 0.2) is 17.3 Å². The van der Waals surface area contributed by atoms with Gasteiger partial charge in [-0.2, -0.15) is 5.10 Å². The van der Waals surface area contributed by atoms with E-state index in [9.17, 15) is 8.42 Å². The third-order valence-electron chi connectivity index (χ3n) is 2.61. The molecule has 0 radical (unpaired) electrons. The van der Waals surface area contributed by atoms with Gasteiger partial charge in [-0.05, 0) is 12.5 Å². The molecule has 3 N–H and O–H groups in total. The molecular weight excluding hydrogens is 216 g/mol. The number of rotatable bonds is 3. The molecule has 15 heavy (non-hydrogen) atoms. The maximum atomic E-state index is 11.8. The molecule has 1 saturated heterocycles. The van der Waals surface area contributed by atoms with Crippen molar-refractivity contribution in [2.45, 2.75) is 17.9 Å². The van der Waals surface area contributed by atoms with Crippen molar-refractivity contribution in [1.82, 2.24) is 20.2 Å². The summed E-state index contributed by atoms with van der Waals surface area (Å²) in [6.45, 7) is 3.54. The number of sulfonamides is 1. The highest BCUT2D eigenvalue weighted by Gasteiger charge is 2.28. The van der Waals surface area contributed by atoms with E-state index >= 15 is 0 Å². The summed E-state index contributed by atoms with van der Waals surface area (Å²) in [4.78, 5) is 0.182. The Morgan fingerprint density at radius 2 is 2.33 bits per heavy atom. The normalized spacial score (nSPS) is 27.0. The summed E-state index contributed by atoms with van der Waals surface area (Å²) in [5.74, 6) is 0.312. The molecule has 0 amide bonds. The van der Waals surface area contributed by atoms with Crippen molar-refractivity contribution < 1.29 is 8.42 Å². The maximum absolute atomic E-state index is 11.8. The molecule has 6 nitrogen and oxygen atoms in total. The van der Waals surface area contributed by atoms with E-state index in [4.69, 9.17) is 0 Å². The van der Waals surface area contributed by atoms with Crippen molar-refractivity contribution in [2.24, 2.45) is 5.92 Å². The Hall–Kier alpha value is -0.920. The lowest BCUT2D eigenvalue weighted by Gasteiger charge is -2.15. The van der Waals surface area contributed by atoms with E-state index in [2.05, 4.69) is 20.2 Å². The predicted molar refractivity (Wildman–Crippen MR) is 54.7 cm³/mol. The number of hydrogen-bond acceptors (Lipinski definition) is 4. The van der Waals surface area contributed by atoms with Crippen molar-refractivity contribution in [2.75, 3.05) is 13.1 Å². The van der Waals surface area contributed by atoms with Gasteiger partial charge < -0.3 is 5.32 Å². The zero-order valence-electron chi connectivity index (χ0n) is 8.40. The molecule has 7 heteroatoms. The number of hydrogen-bond donors (Lipinski definition) is 3. The van der Waals surface area contributed by atoms with Crippen LogP contribution < -0.4 is 10.0 Å². The second-order valence-corrected chi connectivity index (χ2v) is 5.51. The fourth-order valence-electron chi connectivity index (χ4n) is 1.62. The summed E-state index contributed by atoms with van der Waals surface area (Å²) in [6.07, 6.45) is 2.67. The zero-order valence-corrected chi connectivity index (χ0v) is 9.21. The lowest BCUT2D eigenvalue weighted by atomic mass is 10.1. The predicted octanol–water partition coefficient (Wildman–Crippen LogP) is -0.704. The van der Waals surface area contributed by atoms with Crippen LogP contribution in [0.3, 0.4) is 0 Å². The van der Waals surface area contributed by atoms with Crippen LogP contribution in [0.5, 0.6) is 0 Å². The van der Waals surface area contributed by atoms with E-state index in [0.717, 1.165) is 6.54 Å². The minimum absolute atomic E-state index is 0.0371. The largest absolute Gasteiger partial charge is 0.315 e. The fourth-order valence-corrected chi connectivity index (χ4v) is 2.87. The van der Waals surface area contributed by atoms with Crippen LogP contribution in [0.4, 0.5) is 0 Å². The lowest BCUT2D eigenvalue weighted by molar-refractivity contribution is 0.503. The Labute approximate surface area is 88.5 Å². The Bertz CT molecular complexity index is 414. The molecule has 0 bridgehead atoms. The van der Waals surface area contributed by atoms with E-state index in [0.29, 0.717) is 12.5 Å². The smallest absolute Gasteiger partial charge is 0.243 e. The standard InChI is InChI=1S/C8H14N4O2S/c1-6-2-9-5-8(6)12-15(13,14)7-3-10-11-4-7/h3-4,6,8-9,12H,2,5H2,1H3,(H,10,11). The molecule has 0 saturated carbocycles. The highest BCUT2D eigenvalue weighted by atomic mass is 32.2. The average Bonchev–Trinajstić information content (AvgIpc) is 2.77. The first kappa shape index (κ1) is 10.6. The topological polar surface area (TPSA) is 86.9 Å². The van der Waals surface area contributed by atoms with Gasteiger partial charge in [-0.25, -0.2) is 13.1 Å². The van der Waals surface area contributed by atoms with Gasteiger partial charge in [0.05, 0.1) is 6.20 Å². The molecule has 1 aromatic heterocycles. The van der Waals surface area contributed by atoms with Crippen LogP contribution in [0, 0.1) is 5.92 Å². The molecule has 2 unspecified atom stereocenters. The van der Waals surface area contributed by atoms with Crippen LogP contribution in [0.1, 0.15) is 6.92 Å². The second-order valence-electron chi connectivity index (χ2n) is 3.80. The zero-order chi connectivity index (χ0) is 10.9. The number of H-pyrrole nitrogens is 1. The molecule has 1 aliphatic heterocycles. The number of nitrogens with zero attached hydrogens (tertiary/aromatic N) is 1. The average molecular weight is 230 g/mol. The molecule has 0 spiro atoms. The maximum Gasteiger partial charge on any atom is 0.243 e. The van der Waals surface area contributed by atoms with Gasteiger partial charge in [0.2, 0.25) is 10.0 Å². The van der Waals surface area contributed by atoms with Gasteiger partial charge in [0.25, 0.3) is 0 Å². The Balaban J connectivity index is 2.11. The van der Waals surface area contributed by atoms with Gasteiger partial charge in [0.15, 0.2) is 0 Å². The van der Waals surface area contributed by atoms with Crippen LogP contribution in [0.2, 0.25) is 0 Å². The number of nitrogens with one attached hydrogen (secondary N) is 3. The third kappa shape index (κ3) is 2.19. The van der Waals surface area contributed by atoms with Crippen molar-refractivity contribution >= 4 is 10.0 Å². The van der Waals surface area contributed by atoms with Crippen LogP contribution in [-0.2, 0) is 10.0 Å². The van der Waals surface area contributed by atoms with Gasteiger partial charge in [0.1, 0.15) is 4.90 Å². The first-order valence-corrected chi connectivity index (χ1v) is 6.30. The van der Waals surface area contributed by atoms with Crippen LogP contribution in [-0.4, -0.2) is 37.7 Å². The second kappa shape index (κ2) is 3.92. The van der Waals surface area contributed by atoms with Gasteiger partial charge in [-0.3, -0.25) is 5.10 Å². The van der Waals surface area contributed by atoms with Crippen molar-refractivity contribution in [3.63, 3.8) is 0 Å². The molecule has 2 heterocycles. The Morgan fingerprint density at radius 1 is 1.53 bits per heavy atom. The van der Waals surface area contributed by atoms with Crippen molar-refractivity contribution in [3.8, 4) is 0 Å². The van der Waals surface area contributed by atoms with Gasteiger partial charge in [0, 0.05) is 18.8 Å². The van der Waals surface area contributed by atoms with Gasteiger partial charge in [-0.15, -0.1) is 0 Å². The van der Waals surface area contributed by atoms with Crippen LogP contribution in [0.25, 0.3) is 0 Å². The fraction of sp³-hybridized carbons (Fsp3) is 0.625. The van der Waals surface area contributed by atoms with Crippen molar-refractivity contribution in [3.05, 3.63) is 12.4 Å². The number of aromatic amines is 1. The Kier molecular flexibility index (Phi) is 2.76. The van der Waals surface area contributed by atoms with E-state index in [1.807, 2.05) is 6.92 Å². The molecule has 1 aliphatic rings. The quantitative estimate of drug-likeness (QED) is 0.640. The molecular formula is C8H14N4O2S. The lowest BCUT2D eigenvalue weighted by Crippen LogP contribution is -2.39. The molecule has 2 atom stereocenters. The van der Waals surface area contributed by atoms with Gasteiger partial charge in [-0.1, -0.05) is 6.92 Å². The van der Waals surface area contributed by atoms with E-state index in [1.165, 1.54) is 12.4 Å². The summed E-state index contributed by atoms with van der Waals surface area (Å²) >= 11 is 0. The number of aromatic nitrogens is 2. The third-order valence-corrected chi connectivity index (χ3v) is 4.06. The van der Waals surface area contributed by atoms with E-state index in [-0.39, 0.29) is 10.9 Å². The summed E-state index contributed by atoms with van der Waals surface area (Å²) < 4.78 is 26.2. The first-order chi connectivity index (χ1) is 7.09. The molecule has 0 aromatic carbocycles. The molecule has 84 valence electrons. The molecule has 1 fully saturated rings. The van der Waals surface area contributed by atoms with E-state index in [1.54, 1.807) is 0 Å². The SMILES string of the molecule is CC1CNCC1NS(=O)(=O)c1cn[nH]c1. The minimum atomic E-state index is -3.42. The molecule has 1 aromatic rings. The summed E-state index contributed by atoms with van der Waals surface area (Å²) in [6, 6.07) is -0.0371. The van der Waals surface area contributed by atoms with Crippen molar-refractivity contribution in [1.29, 1.82) is 0 Å². The van der Waals surface area contributed by atoms with E-state index < -0.39 is 10.0 Å². The molecule has 0 aliphatic carbocycles. The highest BCUT2D eigenvalue weighted by molar-refractivity contribution is 7.89. The Morgan fingerprint density at radius 3 is 2.87 bits per heavy atom. The van der Waals surface area contributed by atoms with Crippen LogP contribution >= 0.6 is 0 Å². The minimum Gasteiger partial charge on any atom is -0.315 e. The monoisotopic (exact) mass is 230 g/mol. The molecule has 2 rings (SSSR count). The van der Waals surface area contributed by atoms with Gasteiger partial charge >= 0.3 is 0 Å².